The number of rotatable bonds is 3. The summed E-state index contributed by atoms with van der Waals surface area (Å²) in [5.74, 6) is 0.706. The minimum atomic E-state index is -4.43. The van der Waals surface area contributed by atoms with Crippen LogP contribution in [0.25, 0.3) is 0 Å². The molecule has 3 N–H and O–H groups in total. The van der Waals surface area contributed by atoms with Crippen molar-refractivity contribution in [2.75, 3.05) is 11.9 Å². The number of anilines is 1. The Morgan fingerprint density at radius 2 is 2.15 bits per heavy atom. The van der Waals surface area contributed by atoms with Crippen LogP contribution in [0.2, 0.25) is 5.02 Å². The van der Waals surface area contributed by atoms with Crippen molar-refractivity contribution in [1.29, 1.82) is 0 Å². The zero-order chi connectivity index (χ0) is 14.8. The molecule has 1 fully saturated rings. The Morgan fingerprint density at radius 1 is 1.40 bits per heavy atom. The first kappa shape index (κ1) is 15.4. The van der Waals surface area contributed by atoms with Crippen molar-refractivity contribution < 1.29 is 13.2 Å². The van der Waals surface area contributed by atoms with Crippen LogP contribution in [0, 0.1) is 5.92 Å². The number of hydrogen-bond donors (Lipinski definition) is 2. The average Bonchev–Trinajstić information content (AvgIpc) is 2.36. The molecule has 0 amide bonds. The third-order valence-corrected chi connectivity index (χ3v) is 3.84. The lowest BCUT2D eigenvalue weighted by Crippen LogP contribution is -2.31. The highest BCUT2D eigenvalue weighted by Crippen LogP contribution is 2.32. The summed E-state index contributed by atoms with van der Waals surface area (Å²) in [6, 6.07) is 1.11. The fourth-order valence-corrected chi connectivity index (χ4v) is 2.72. The van der Waals surface area contributed by atoms with E-state index in [2.05, 4.69) is 10.3 Å². The number of nitrogens with zero attached hydrogens (tertiary/aromatic N) is 1. The maximum atomic E-state index is 12.5. The summed E-state index contributed by atoms with van der Waals surface area (Å²) < 4.78 is 37.5. The largest absolute Gasteiger partial charge is 0.417 e. The Morgan fingerprint density at radius 3 is 2.75 bits per heavy atom. The quantitative estimate of drug-likeness (QED) is 0.895. The lowest BCUT2D eigenvalue weighted by Gasteiger charge is -2.27. The molecule has 0 aromatic carbocycles. The number of nitrogens with one attached hydrogen (secondary N) is 1. The molecule has 0 bridgehead atoms. The van der Waals surface area contributed by atoms with Gasteiger partial charge in [-0.25, -0.2) is 4.98 Å². The fraction of sp³-hybridized carbons (Fsp3) is 0.615. The number of pyridine rings is 1. The van der Waals surface area contributed by atoms with Gasteiger partial charge in [-0.2, -0.15) is 13.2 Å². The molecule has 3 nitrogen and oxygen atoms in total. The van der Waals surface area contributed by atoms with Crippen LogP contribution < -0.4 is 11.1 Å². The molecular formula is C13H17ClF3N3. The van der Waals surface area contributed by atoms with Crippen molar-refractivity contribution in [3.05, 3.63) is 22.8 Å². The van der Waals surface area contributed by atoms with Gasteiger partial charge >= 0.3 is 6.18 Å². The van der Waals surface area contributed by atoms with Crippen LogP contribution in [-0.4, -0.2) is 17.6 Å². The normalized spacial score (nSPS) is 23.6. The van der Waals surface area contributed by atoms with Gasteiger partial charge in [-0.1, -0.05) is 18.0 Å². The molecule has 112 valence electrons. The van der Waals surface area contributed by atoms with Gasteiger partial charge in [0, 0.05) is 18.8 Å². The minimum Gasteiger partial charge on any atom is -0.369 e. The first-order valence-corrected chi connectivity index (χ1v) is 6.96. The molecule has 7 heteroatoms. The molecule has 2 unspecified atom stereocenters. The summed E-state index contributed by atoms with van der Waals surface area (Å²) in [7, 11) is 0. The van der Waals surface area contributed by atoms with E-state index in [0.29, 0.717) is 18.3 Å². The number of halogens is 4. The number of alkyl halides is 3. The van der Waals surface area contributed by atoms with Crippen molar-refractivity contribution in [2.24, 2.45) is 11.7 Å². The highest BCUT2D eigenvalue weighted by molar-refractivity contribution is 6.32. The zero-order valence-electron chi connectivity index (χ0n) is 10.9. The number of nitrogens with two attached hydrogens (primary N) is 1. The SMILES string of the molecule is NC1CCCC(CNc2ncc(C(F)(F)F)cc2Cl)C1. The van der Waals surface area contributed by atoms with Crippen LogP contribution in [0.15, 0.2) is 12.3 Å². The van der Waals surface area contributed by atoms with Gasteiger partial charge in [0.25, 0.3) is 0 Å². The second-order valence-electron chi connectivity index (χ2n) is 5.23. The number of hydrogen-bond acceptors (Lipinski definition) is 3. The van der Waals surface area contributed by atoms with E-state index in [9.17, 15) is 13.2 Å². The molecule has 1 heterocycles. The van der Waals surface area contributed by atoms with Gasteiger partial charge < -0.3 is 11.1 Å². The summed E-state index contributed by atoms with van der Waals surface area (Å²) >= 11 is 5.83. The summed E-state index contributed by atoms with van der Waals surface area (Å²) in [5.41, 5.74) is 5.06. The van der Waals surface area contributed by atoms with E-state index in [0.717, 1.165) is 37.9 Å². The molecule has 1 aromatic heterocycles. The Bertz CT molecular complexity index is 465. The van der Waals surface area contributed by atoms with E-state index in [1.54, 1.807) is 0 Å². The molecule has 0 aliphatic heterocycles. The Labute approximate surface area is 120 Å². The van der Waals surface area contributed by atoms with Crippen LogP contribution in [0.4, 0.5) is 19.0 Å². The molecule has 0 spiro atoms. The van der Waals surface area contributed by atoms with Crippen LogP contribution in [0.5, 0.6) is 0 Å². The van der Waals surface area contributed by atoms with E-state index in [1.165, 1.54) is 0 Å². The number of aromatic nitrogens is 1. The van der Waals surface area contributed by atoms with E-state index < -0.39 is 11.7 Å². The van der Waals surface area contributed by atoms with Gasteiger partial charge in [-0.3, -0.25) is 0 Å². The minimum absolute atomic E-state index is 0.0140. The zero-order valence-corrected chi connectivity index (χ0v) is 11.6. The first-order valence-electron chi connectivity index (χ1n) is 6.58. The van der Waals surface area contributed by atoms with Gasteiger partial charge in [0.15, 0.2) is 0 Å². The Balaban J connectivity index is 1.96. The predicted molar refractivity (Wildman–Crippen MR) is 72.7 cm³/mol. The van der Waals surface area contributed by atoms with E-state index >= 15 is 0 Å². The third-order valence-electron chi connectivity index (χ3n) is 3.55. The van der Waals surface area contributed by atoms with E-state index in [-0.39, 0.29) is 11.1 Å². The average molecular weight is 308 g/mol. The van der Waals surface area contributed by atoms with Gasteiger partial charge in [-0.15, -0.1) is 0 Å². The summed E-state index contributed by atoms with van der Waals surface area (Å²) in [4.78, 5) is 3.75. The fourth-order valence-electron chi connectivity index (χ4n) is 2.48. The topological polar surface area (TPSA) is 50.9 Å². The molecule has 0 radical (unpaired) electrons. The molecule has 1 aliphatic carbocycles. The van der Waals surface area contributed by atoms with Gasteiger partial charge in [0.05, 0.1) is 10.6 Å². The maximum absolute atomic E-state index is 12.5. The summed E-state index contributed by atoms with van der Waals surface area (Å²) in [5, 5.41) is 3.00. The highest BCUT2D eigenvalue weighted by Gasteiger charge is 2.31. The van der Waals surface area contributed by atoms with Crippen molar-refractivity contribution in [3.63, 3.8) is 0 Å². The predicted octanol–water partition coefficient (Wildman–Crippen LogP) is 3.68. The van der Waals surface area contributed by atoms with Crippen LogP contribution in [0.3, 0.4) is 0 Å². The second-order valence-corrected chi connectivity index (χ2v) is 5.63. The van der Waals surface area contributed by atoms with Gasteiger partial charge in [0.2, 0.25) is 0 Å². The Kier molecular flexibility index (Phi) is 4.75. The van der Waals surface area contributed by atoms with Crippen LogP contribution in [0.1, 0.15) is 31.2 Å². The molecular weight excluding hydrogens is 291 g/mol. The Hall–Kier alpha value is -1.01. The van der Waals surface area contributed by atoms with E-state index in [1.807, 2.05) is 0 Å². The monoisotopic (exact) mass is 307 g/mol. The molecule has 20 heavy (non-hydrogen) atoms. The van der Waals surface area contributed by atoms with Crippen molar-refractivity contribution in [3.8, 4) is 0 Å². The van der Waals surface area contributed by atoms with Gasteiger partial charge in [0.1, 0.15) is 5.82 Å². The lowest BCUT2D eigenvalue weighted by molar-refractivity contribution is -0.137. The maximum Gasteiger partial charge on any atom is 0.417 e. The molecule has 1 saturated carbocycles. The lowest BCUT2D eigenvalue weighted by atomic mass is 9.86. The van der Waals surface area contributed by atoms with Crippen molar-refractivity contribution >= 4 is 17.4 Å². The van der Waals surface area contributed by atoms with E-state index in [4.69, 9.17) is 17.3 Å². The molecule has 1 aromatic rings. The third kappa shape index (κ3) is 3.99. The standard InChI is InChI=1S/C13H17ClF3N3/c14-11-5-9(13(15,16)17)7-20-12(11)19-6-8-2-1-3-10(18)4-8/h5,7-8,10H,1-4,6,18H2,(H,19,20). The van der Waals surface area contributed by atoms with Crippen LogP contribution in [-0.2, 0) is 6.18 Å². The highest BCUT2D eigenvalue weighted by atomic mass is 35.5. The molecule has 1 aliphatic rings. The van der Waals surface area contributed by atoms with Crippen molar-refractivity contribution in [2.45, 2.75) is 37.9 Å². The molecule has 2 atom stereocenters. The molecule has 0 saturated heterocycles. The second kappa shape index (κ2) is 6.18. The summed E-state index contributed by atoms with van der Waals surface area (Å²) in [6.45, 7) is 0.631. The van der Waals surface area contributed by atoms with Crippen LogP contribution >= 0.6 is 11.6 Å². The van der Waals surface area contributed by atoms with Crippen molar-refractivity contribution in [1.82, 2.24) is 4.98 Å². The summed E-state index contributed by atoms with van der Waals surface area (Å²) in [6.07, 6.45) is 0.480. The molecule has 2 rings (SSSR count). The smallest absolute Gasteiger partial charge is 0.369 e. The first-order chi connectivity index (χ1) is 9.36. The van der Waals surface area contributed by atoms with Gasteiger partial charge in [-0.05, 0) is 31.2 Å².